The average Bonchev–Trinajstić information content (AvgIpc) is 2.62. The fourth-order valence-corrected chi connectivity index (χ4v) is 3.99. The van der Waals surface area contributed by atoms with E-state index in [1.54, 1.807) is 0 Å². The van der Waals surface area contributed by atoms with E-state index < -0.39 is 0 Å². The smallest absolute Gasteiger partial charge is 0.252 e. The molecule has 126 valence electrons. The van der Waals surface area contributed by atoms with E-state index in [0.29, 0.717) is 18.7 Å². The Bertz CT molecular complexity index is 812. The summed E-state index contributed by atoms with van der Waals surface area (Å²) in [6.07, 6.45) is 4.68. The summed E-state index contributed by atoms with van der Waals surface area (Å²) in [5, 5.41) is 0.956. The number of H-pyrrole nitrogens is 1. The SMILES string of the molecule is O=C(Cc1cc2ccccc2[nH]c1=O)N1CCO[C@H]2CCCC[C@H]21. The number of carbonyl (C=O) groups is 1. The first-order valence-corrected chi connectivity index (χ1v) is 8.74. The number of para-hydroxylation sites is 1. The Hall–Kier alpha value is -2.14. The van der Waals surface area contributed by atoms with Gasteiger partial charge in [0.2, 0.25) is 5.91 Å². The minimum Gasteiger partial charge on any atom is -0.374 e. The summed E-state index contributed by atoms with van der Waals surface area (Å²) in [5.41, 5.74) is 1.17. The van der Waals surface area contributed by atoms with Gasteiger partial charge in [-0.3, -0.25) is 9.59 Å². The minimum atomic E-state index is -0.171. The lowest BCUT2D eigenvalue weighted by Crippen LogP contribution is -2.55. The van der Waals surface area contributed by atoms with Gasteiger partial charge in [-0.1, -0.05) is 31.0 Å². The van der Waals surface area contributed by atoms with E-state index in [2.05, 4.69) is 4.98 Å². The second-order valence-electron chi connectivity index (χ2n) is 6.74. The maximum absolute atomic E-state index is 12.8. The van der Waals surface area contributed by atoms with Gasteiger partial charge in [-0.15, -0.1) is 0 Å². The molecule has 24 heavy (non-hydrogen) atoms. The van der Waals surface area contributed by atoms with Crippen molar-refractivity contribution in [3.05, 3.63) is 46.2 Å². The zero-order valence-electron chi connectivity index (χ0n) is 13.7. The van der Waals surface area contributed by atoms with Crippen LogP contribution >= 0.6 is 0 Å². The molecule has 4 rings (SSSR count). The molecule has 0 spiro atoms. The van der Waals surface area contributed by atoms with E-state index in [9.17, 15) is 9.59 Å². The molecule has 1 aromatic carbocycles. The molecule has 2 aliphatic rings. The summed E-state index contributed by atoms with van der Waals surface area (Å²) < 4.78 is 5.83. The summed E-state index contributed by atoms with van der Waals surface area (Å²) in [6.45, 7) is 1.23. The lowest BCUT2D eigenvalue weighted by molar-refractivity contribution is -0.148. The summed E-state index contributed by atoms with van der Waals surface area (Å²) in [7, 11) is 0. The maximum Gasteiger partial charge on any atom is 0.252 e. The number of fused-ring (bicyclic) bond motifs is 2. The van der Waals surface area contributed by atoms with Crippen LogP contribution in [0.5, 0.6) is 0 Å². The van der Waals surface area contributed by atoms with Gasteiger partial charge < -0.3 is 14.6 Å². The minimum absolute atomic E-state index is 0.0379. The molecular formula is C19H22N2O3. The molecule has 0 bridgehead atoms. The lowest BCUT2D eigenvalue weighted by Gasteiger charge is -2.43. The summed E-state index contributed by atoms with van der Waals surface area (Å²) in [5.74, 6) is 0.0379. The average molecular weight is 326 g/mol. The number of benzene rings is 1. The van der Waals surface area contributed by atoms with E-state index in [4.69, 9.17) is 4.74 Å². The van der Waals surface area contributed by atoms with Crippen molar-refractivity contribution >= 4 is 16.8 Å². The van der Waals surface area contributed by atoms with Crippen molar-refractivity contribution in [1.82, 2.24) is 9.88 Å². The second kappa shape index (κ2) is 6.40. The predicted molar refractivity (Wildman–Crippen MR) is 92.0 cm³/mol. The fraction of sp³-hybridized carbons (Fsp3) is 0.474. The number of morpholine rings is 1. The molecule has 1 aromatic heterocycles. The van der Waals surface area contributed by atoms with Gasteiger partial charge in [-0.2, -0.15) is 0 Å². The van der Waals surface area contributed by atoms with E-state index in [-0.39, 0.29) is 30.0 Å². The van der Waals surface area contributed by atoms with Crippen LogP contribution in [-0.4, -0.2) is 41.1 Å². The fourth-order valence-electron chi connectivity index (χ4n) is 3.99. The number of hydrogen-bond acceptors (Lipinski definition) is 3. The van der Waals surface area contributed by atoms with Gasteiger partial charge in [0.25, 0.3) is 5.56 Å². The van der Waals surface area contributed by atoms with Gasteiger partial charge in [0, 0.05) is 17.6 Å². The molecule has 1 saturated carbocycles. The molecule has 1 N–H and O–H groups in total. The number of ether oxygens (including phenoxy) is 1. The van der Waals surface area contributed by atoms with Gasteiger partial charge >= 0.3 is 0 Å². The summed E-state index contributed by atoms with van der Waals surface area (Å²) in [4.78, 5) is 29.9. The molecule has 2 fully saturated rings. The van der Waals surface area contributed by atoms with Crippen LogP contribution in [0.1, 0.15) is 31.2 Å². The molecule has 2 aromatic rings. The molecule has 0 radical (unpaired) electrons. The largest absolute Gasteiger partial charge is 0.374 e. The molecular weight excluding hydrogens is 304 g/mol. The van der Waals surface area contributed by atoms with Crippen LogP contribution in [0, 0.1) is 0 Å². The zero-order valence-corrected chi connectivity index (χ0v) is 13.7. The molecule has 5 nitrogen and oxygen atoms in total. The van der Waals surface area contributed by atoms with Gasteiger partial charge in [0.15, 0.2) is 0 Å². The molecule has 1 amide bonds. The number of hydrogen-bond donors (Lipinski definition) is 1. The Morgan fingerprint density at radius 2 is 2.08 bits per heavy atom. The zero-order chi connectivity index (χ0) is 16.5. The second-order valence-corrected chi connectivity index (χ2v) is 6.74. The van der Waals surface area contributed by atoms with Crippen LogP contribution in [0.2, 0.25) is 0 Å². The van der Waals surface area contributed by atoms with Crippen LogP contribution in [0.25, 0.3) is 10.9 Å². The highest BCUT2D eigenvalue weighted by Gasteiger charge is 2.36. The van der Waals surface area contributed by atoms with E-state index in [1.165, 1.54) is 6.42 Å². The number of aromatic amines is 1. The van der Waals surface area contributed by atoms with Crippen molar-refractivity contribution in [3.63, 3.8) is 0 Å². The number of nitrogens with zero attached hydrogens (tertiary/aromatic N) is 1. The van der Waals surface area contributed by atoms with Gasteiger partial charge in [-0.25, -0.2) is 0 Å². The van der Waals surface area contributed by atoms with Crippen LogP contribution in [0.4, 0.5) is 0 Å². The molecule has 2 heterocycles. The van der Waals surface area contributed by atoms with Crippen molar-refractivity contribution < 1.29 is 9.53 Å². The Labute approximate surface area is 140 Å². The number of pyridine rings is 1. The molecule has 5 heteroatoms. The highest BCUT2D eigenvalue weighted by Crippen LogP contribution is 2.28. The third-order valence-electron chi connectivity index (χ3n) is 5.22. The van der Waals surface area contributed by atoms with Crippen LogP contribution < -0.4 is 5.56 Å². The quantitative estimate of drug-likeness (QED) is 0.920. The molecule has 1 saturated heterocycles. The first kappa shape index (κ1) is 15.4. The van der Waals surface area contributed by atoms with E-state index in [1.807, 2.05) is 35.2 Å². The standard InChI is InChI=1S/C19H22N2O3/c22-18(21-9-10-24-17-8-4-3-7-16(17)21)12-14-11-13-5-1-2-6-15(13)20-19(14)23/h1-2,5-6,11,16-17H,3-4,7-10,12H2,(H,20,23)/t16-,17+/m1/s1. The van der Waals surface area contributed by atoms with Crippen LogP contribution in [-0.2, 0) is 16.0 Å². The summed E-state index contributed by atoms with van der Waals surface area (Å²) in [6, 6.07) is 9.66. The normalized spacial score (nSPS) is 23.9. The highest BCUT2D eigenvalue weighted by atomic mass is 16.5. The van der Waals surface area contributed by atoms with Crippen LogP contribution in [0.15, 0.2) is 35.1 Å². The Morgan fingerprint density at radius 3 is 3.00 bits per heavy atom. The lowest BCUT2D eigenvalue weighted by atomic mass is 9.90. The summed E-state index contributed by atoms with van der Waals surface area (Å²) >= 11 is 0. The van der Waals surface area contributed by atoms with Crippen molar-refractivity contribution in [2.24, 2.45) is 0 Å². The monoisotopic (exact) mass is 326 g/mol. The predicted octanol–water partition coefficient (Wildman–Crippen LogP) is 2.24. The molecule has 1 aliphatic carbocycles. The molecule has 1 aliphatic heterocycles. The van der Waals surface area contributed by atoms with E-state index >= 15 is 0 Å². The highest BCUT2D eigenvalue weighted by molar-refractivity contribution is 5.83. The van der Waals surface area contributed by atoms with Crippen molar-refractivity contribution in [1.29, 1.82) is 0 Å². The first-order chi connectivity index (χ1) is 11.7. The van der Waals surface area contributed by atoms with Gasteiger partial charge in [0.1, 0.15) is 0 Å². The van der Waals surface area contributed by atoms with Gasteiger partial charge in [0.05, 0.1) is 25.2 Å². The Balaban J connectivity index is 1.57. The Kier molecular flexibility index (Phi) is 4.10. The number of amides is 1. The van der Waals surface area contributed by atoms with Crippen molar-refractivity contribution in [3.8, 4) is 0 Å². The number of aromatic nitrogens is 1. The van der Waals surface area contributed by atoms with Gasteiger partial charge in [-0.05, 0) is 30.4 Å². The first-order valence-electron chi connectivity index (χ1n) is 8.74. The third-order valence-corrected chi connectivity index (χ3v) is 5.22. The van der Waals surface area contributed by atoms with Crippen molar-refractivity contribution in [2.75, 3.05) is 13.2 Å². The maximum atomic E-state index is 12.8. The topological polar surface area (TPSA) is 62.4 Å². The molecule has 0 unspecified atom stereocenters. The van der Waals surface area contributed by atoms with E-state index in [0.717, 1.165) is 30.2 Å². The Morgan fingerprint density at radius 1 is 1.25 bits per heavy atom. The third kappa shape index (κ3) is 2.84. The molecule has 2 atom stereocenters. The van der Waals surface area contributed by atoms with Crippen molar-refractivity contribution in [2.45, 2.75) is 44.2 Å². The number of rotatable bonds is 2. The number of nitrogens with one attached hydrogen (secondary N) is 1. The van der Waals surface area contributed by atoms with Crippen LogP contribution in [0.3, 0.4) is 0 Å². The number of carbonyl (C=O) groups excluding carboxylic acids is 1.